The maximum absolute atomic E-state index is 3.27. The fourth-order valence-corrected chi connectivity index (χ4v) is 2.66. The summed E-state index contributed by atoms with van der Waals surface area (Å²) in [6, 6.07) is 18.0. The van der Waals surface area contributed by atoms with Gasteiger partial charge in [0, 0.05) is 24.8 Å². The first-order chi connectivity index (χ1) is 9.28. The highest BCUT2D eigenvalue weighted by Gasteiger charge is 2.18. The van der Waals surface area contributed by atoms with Crippen molar-refractivity contribution in [2.24, 2.45) is 0 Å². The van der Waals surface area contributed by atoms with Gasteiger partial charge in [-0.2, -0.15) is 0 Å². The van der Waals surface area contributed by atoms with Crippen LogP contribution in [0.15, 0.2) is 48.5 Å². The van der Waals surface area contributed by atoms with Gasteiger partial charge >= 0.3 is 0 Å². The molecule has 0 fully saturated rings. The molecule has 3 rings (SSSR count). The van der Waals surface area contributed by atoms with Crippen LogP contribution < -0.4 is 10.2 Å². The number of hydrogen-bond donors (Lipinski definition) is 1. The predicted molar refractivity (Wildman–Crippen MR) is 80.2 cm³/mol. The van der Waals surface area contributed by atoms with Gasteiger partial charge in [-0.05, 0) is 42.8 Å². The molecule has 2 aromatic carbocycles. The van der Waals surface area contributed by atoms with Crippen molar-refractivity contribution in [2.75, 3.05) is 11.9 Å². The molecule has 2 nitrogen and oxygen atoms in total. The summed E-state index contributed by atoms with van der Waals surface area (Å²) >= 11 is 0. The summed E-state index contributed by atoms with van der Waals surface area (Å²) in [4.78, 5) is 2.43. The van der Waals surface area contributed by atoms with E-state index < -0.39 is 0 Å². The number of hydrogen-bond acceptors (Lipinski definition) is 2. The van der Waals surface area contributed by atoms with Gasteiger partial charge in [-0.3, -0.25) is 0 Å². The molecule has 1 unspecified atom stereocenters. The van der Waals surface area contributed by atoms with Gasteiger partial charge in [-0.15, -0.1) is 0 Å². The van der Waals surface area contributed by atoms with Crippen LogP contribution in [0.3, 0.4) is 0 Å². The van der Waals surface area contributed by atoms with E-state index >= 15 is 0 Å². The van der Waals surface area contributed by atoms with Crippen LogP contribution in [0.5, 0.6) is 0 Å². The van der Waals surface area contributed by atoms with Crippen molar-refractivity contribution in [3.05, 3.63) is 65.2 Å². The monoisotopic (exact) mass is 252 g/mol. The molecule has 98 valence electrons. The van der Waals surface area contributed by atoms with Crippen LogP contribution in [0.2, 0.25) is 0 Å². The second kappa shape index (κ2) is 5.06. The van der Waals surface area contributed by atoms with Gasteiger partial charge in [0.25, 0.3) is 0 Å². The molecule has 2 aromatic rings. The number of rotatable bonds is 3. The molecule has 1 aliphatic rings. The topological polar surface area (TPSA) is 15.3 Å². The average Bonchev–Trinajstić information content (AvgIpc) is 2.90. The highest BCUT2D eigenvalue weighted by Crippen LogP contribution is 2.28. The van der Waals surface area contributed by atoms with Crippen LogP contribution in [0.25, 0.3) is 0 Å². The molecule has 0 radical (unpaired) electrons. The normalized spacial score (nSPS) is 15.4. The van der Waals surface area contributed by atoms with Gasteiger partial charge < -0.3 is 10.2 Å². The summed E-state index contributed by atoms with van der Waals surface area (Å²) in [7, 11) is 2.00. The minimum atomic E-state index is 0.407. The first kappa shape index (κ1) is 12.2. The molecule has 0 spiro atoms. The standard InChI is InChI=1S/C17H20N2/c1-13(18-2)14-7-9-17(10-8-14)19-11-15-5-3-4-6-16(15)12-19/h3-10,13,18H,11-12H2,1-2H3. The molecular formula is C17H20N2. The third kappa shape index (κ3) is 2.36. The molecule has 0 aromatic heterocycles. The van der Waals surface area contributed by atoms with E-state index in [4.69, 9.17) is 0 Å². The summed E-state index contributed by atoms with van der Waals surface area (Å²) in [6.07, 6.45) is 0. The van der Waals surface area contributed by atoms with Gasteiger partial charge in [-0.1, -0.05) is 36.4 Å². The maximum atomic E-state index is 3.27. The lowest BCUT2D eigenvalue weighted by Crippen LogP contribution is -2.15. The SMILES string of the molecule is CNC(C)c1ccc(N2Cc3ccccc3C2)cc1. The second-order valence-corrected chi connectivity index (χ2v) is 5.23. The van der Waals surface area contributed by atoms with E-state index in [0.717, 1.165) is 13.1 Å². The minimum absolute atomic E-state index is 0.407. The summed E-state index contributed by atoms with van der Waals surface area (Å²) in [5, 5.41) is 3.27. The Morgan fingerprint density at radius 2 is 1.53 bits per heavy atom. The molecule has 1 heterocycles. The minimum Gasteiger partial charge on any atom is -0.363 e. The number of nitrogens with one attached hydrogen (secondary N) is 1. The van der Waals surface area contributed by atoms with Crippen LogP contribution in [0, 0.1) is 0 Å². The van der Waals surface area contributed by atoms with E-state index in [0.29, 0.717) is 6.04 Å². The Kier molecular flexibility index (Phi) is 3.26. The van der Waals surface area contributed by atoms with E-state index in [9.17, 15) is 0 Å². The Balaban J connectivity index is 1.78. The average molecular weight is 252 g/mol. The van der Waals surface area contributed by atoms with E-state index in [1.54, 1.807) is 0 Å². The van der Waals surface area contributed by atoms with Gasteiger partial charge in [0.15, 0.2) is 0 Å². The number of anilines is 1. The third-order valence-electron chi connectivity index (χ3n) is 4.03. The fraction of sp³-hybridized carbons (Fsp3) is 0.294. The van der Waals surface area contributed by atoms with Crippen molar-refractivity contribution >= 4 is 5.69 Å². The summed E-state index contributed by atoms with van der Waals surface area (Å²) in [6.45, 7) is 4.23. The largest absolute Gasteiger partial charge is 0.363 e. The predicted octanol–water partition coefficient (Wildman–Crippen LogP) is 3.49. The van der Waals surface area contributed by atoms with Crippen molar-refractivity contribution in [3.63, 3.8) is 0 Å². The van der Waals surface area contributed by atoms with Crippen LogP contribution in [0.4, 0.5) is 5.69 Å². The molecular weight excluding hydrogens is 232 g/mol. The lowest BCUT2D eigenvalue weighted by atomic mass is 10.1. The lowest BCUT2D eigenvalue weighted by molar-refractivity contribution is 0.652. The molecule has 0 saturated carbocycles. The highest BCUT2D eigenvalue weighted by molar-refractivity contribution is 5.52. The molecule has 1 aliphatic heterocycles. The van der Waals surface area contributed by atoms with Crippen molar-refractivity contribution in [3.8, 4) is 0 Å². The zero-order chi connectivity index (χ0) is 13.2. The summed E-state index contributed by atoms with van der Waals surface area (Å²) in [5.74, 6) is 0. The Morgan fingerprint density at radius 1 is 0.947 bits per heavy atom. The zero-order valence-electron chi connectivity index (χ0n) is 11.6. The van der Waals surface area contributed by atoms with Gasteiger partial charge in [-0.25, -0.2) is 0 Å². The van der Waals surface area contributed by atoms with Crippen LogP contribution in [0.1, 0.15) is 29.7 Å². The van der Waals surface area contributed by atoms with Crippen molar-refractivity contribution < 1.29 is 0 Å². The Labute approximate surface area is 115 Å². The second-order valence-electron chi connectivity index (χ2n) is 5.23. The van der Waals surface area contributed by atoms with Crippen LogP contribution in [-0.4, -0.2) is 7.05 Å². The molecule has 0 amide bonds. The van der Waals surface area contributed by atoms with E-state index in [2.05, 4.69) is 65.7 Å². The van der Waals surface area contributed by atoms with Gasteiger partial charge in [0.1, 0.15) is 0 Å². The van der Waals surface area contributed by atoms with Crippen molar-refractivity contribution in [1.82, 2.24) is 5.32 Å². The van der Waals surface area contributed by atoms with Gasteiger partial charge in [0.2, 0.25) is 0 Å². The first-order valence-corrected chi connectivity index (χ1v) is 6.87. The Morgan fingerprint density at radius 3 is 2.05 bits per heavy atom. The number of nitrogens with zero attached hydrogens (tertiary/aromatic N) is 1. The molecule has 0 aliphatic carbocycles. The smallest absolute Gasteiger partial charge is 0.0436 e. The Bertz CT molecular complexity index is 535. The molecule has 0 bridgehead atoms. The zero-order valence-corrected chi connectivity index (χ0v) is 11.6. The van der Waals surface area contributed by atoms with Crippen LogP contribution >= 0.6 is 0 Å². The molecule has 19 heavy (non-hydrogen) atoms. The number of fused-ring (bicyclic) bond motifs is 1. The van der Waals surface area contributed by atoms with Gasteiger partial charge in [0.05, 0.1) is 0 Å². The van der Waals surface area contributed by atoms with E-state index in [-0.39, 0.29) is 0 Å². The highest BCUT2D eigenvalue weighted by atomic mass is 15.1. The molecule has 2 heteroatoms. The third-order valence-corrected chi connectivity index (χ3v) is 4.03. The van der Waals surface area contributed by atoms with Crippen molar-refractivity contribution in [2.45, 2.75) is 26.1 Å². The number of benzene rings is 2. The van der Waals surface area contributed by atoms with E-state index in [1.165, 1.54) is 22.4 Å². The fourth-order valence-electron chi connectivity index (χ4n) is 2.66. The lowest BCUT2D eigenvalue weighted by Gasteiger charge is -2.19. The molecule has 1 N–H and O–H groups in total. The van der Waals surface area contributed by atoms with Crippen LogP contribution in [-0.2, 0) is 13.1 Å². The quantitative estimate of drug-likeness (QED) is 0.899. The first-order valence-electron chi connectivity index (χ1n) is 6.87. The van der Waals surface area contributed by atoms with Crippen molar-refractivity contribution in [1.29, 1.82) is 0 Å². The molecule has 1 atom stereocenters. The maximum Gasteiger partial charge on any atom is 0.0436 e. The summed E-state index contributed by atoms with van der Waals surface area (Å²) < 4.78 is 0. The van der Waals surface area contributed by atoms with E-state index in [1.807, 2.05) is 7.05 Å². The molecule has 0 saturated heterocycles. The Hall–Kier alpha value is -1.80. The summed E-state index contributed by atoms with van der Waals surface area (Å²) in [5.41, 5.74) is 5.55.